The predicted molar refractivity (Wildman–Crippen MR) is 87.2 cm³/mol. The minimum absolute atomic E-state index is 0.140. The number of nitrogens with zero attached hydrogens (tertiary/aromatic N) is 1. The molecule has 0 bridgehead atoms. The topological polar surface area (TPSA) is 62.2 Å². The average Bonchev–Trinajstić information content (AvgIpc) is 2.94. The molecule has 1 aromatic carbocycles. The molecule has 1 aliphatic carbocycles. The van der Waals surface area contributed by atoms with Crippen LogP contribution < -0.4 is 5.32 Å². The summed E-state index contributed by atoms with van der Waals surface area (Å²) in [5, 5.41) is 13.9. The number of hydrogen-bond acceptors (Lipinski definition) is 4. The second-order valence-electron chi connectivity index (χ2n) is 5.64. The molecule has 1 atom stereocenters. The van der Waals surface area contributed by atoms with Crippen LogP contribution in [-0.2, 0) is 5.54 Å². The molecule has 2 aromatic rings. The van der Waals surface area contributed by atoms with E-state index in [2.05, 4.69) is 10.3 Å². The van der Waals surface area contributed by atoms with Crippen LogP contribution in [0.3, 0.4) is 0 Å². The first-order valence-electron chi connectivity index (χ1n) is 7.22. The van der Waals surface area contributed by atoms with E-state index in [0.29, 0.717) is 14.9 Å². The number of halogens is 1. The normalized spacial score (nSPS) is 17.6. The van der Waals surface area contributed by atoms with Gasteiger partial charge >= 0.3 is 0 Å². The lowest BCUT2D eigenvalue weighted by Crippen LogP contribution is -2.50. The van der Waals surface area contributed by atoms with Gasteiger partial charge in [-0.2, -0.15) is 0 Å². The number of thiazole rings is 1. The van der Waals surface area contributed by atoms with E-state index in [4.69, 9.17) is 11.6 Å². The summed E-state index contributed by atoms with van der Waals surface area (Å²) in [7, 11) is 0. The number of aliphatic hydroxyl groups excluding tert-OH is 1. The molecular formula is C16H17ClN2O2S. The third-order valence-corrected chi connectivity index (χ3v) is 5.48. The third kappa shape index (κ3) is 2.89. The molecule has 6 heteroatoms. The summed E-state index contributed by atoms with van der Waals surface area (Å²) >= 11 is 7.17. The van der Waals surface area contributed by atoms with Crippen LogP contribution in [0.1, 0.15) is 52.5 Å². The average molecular weight is 337 g/mol. The summed E-state index contributed by atoms with van der Waals surface area (Å²) in [5.41, 5.74) is 0.771. The molecule has 0 spiro atoms. The van der Waals surface area contributed by atoms with Crippen molar-refractivity contribution in [2.45, 2.75) is 37.8 Å². The van der Waals surface area contributed by atoms with Gasteiger partial charge in [0.2, 0.25) is 0 Å². The lowest BCUT2D eigenvalue weighted by molar-refractivity contribution is 0.0827. The molecule has 3 rings (SSSR count). The Labute approximate surface area is 138 Å². The van der Waals surface area contributed by atoms with Gasteiger partial charge in [-0.05, 0) is 43.9 Å². The fraction of sp³-hybridized carbons (Fsp3) is 0.375. The van der Waals surface area contributed by atoms with Crippen LogP contribution in [0.4, 0.5) is 0 Å². The number of carbonyl (C=O) groups is 1. The minimum atomic E-state index is -0.652. The highest BCUT2D eigenvalue weighted by Gasteiger charge is 2.40. The van der Waals surface area contributed by atoms with Crippen LogP contribution in [-0.4, -0.2) is 16.0 Å². The van der Waals surface area contributed by atoms with Crippen molar-refractivity contribution in [1.29, 1.82) is 0 Å². The van der Waals surface area contributed by atoms with Crippen molar-refractivity contribution >= 4 is 28.8 Å². The third-order valence-electron chi connectivity index (χ3n) is 4.06. The minimum Gasteiger partial charge on any atom is -0.386 e. The lowest BCUT2D eigenvalue weighted by atomic mass is 9.72. The fourth-order valence-corrected chi connectivity index (χ4v) is 3.53. The number of amides is 1. The monoisotopic (exact) mass is 336 g/mol. The molecule has 22 heavy (non-hydrogen) atoms. The van der Waals surface area contributed by atoms with E-state index in [1.807, 2.05) is 24.3 Å². The van der Waals surface area contributed by atoms with Crippen molar-refractivity contribution in [3.63, 3.8) is 0 Å². The van der Waals surface area contributed by atoms with Gasteiger partial charge in [-0.3, -0.25) is 4.79 Å². The highest BCUT2D eigenvalue weighted by atomic mass is 35.5. The van der Waals surface area contributed by atoms with Crippen LogP contribution >= 0.6 is 22.9 Å². The first-order valence-corrected chi connectivity index (χ1v) is 8.42. The molecule has 2 N–H and O–H groups in total. The first kappa shape index (κ1) is 15.5. The van der Waals surface area contributed by atoms with Gasteiger partial charge in [0, 0.05) is 5.02 Å². The zero-order valence-electron chi connectivity index (χ0n) is 12.2. The summed E-state index contributed by atoms with van der Waals surface area (Å²) in [4.78, 5) is 17.1. The van der Waals surface area contributed by atoms with Crippen molar-refractivity contribution in [3.05, 3.63) is 50.9 Å². The van der Waals surface area contributed by atoms with Gasteiger partial charge in [0.25, 0.3) is 5.91 Å². The molecule has 0 saturated heterocycles. The number of nitrogens with one attached hydrogen (secondary N) is 1. The lowest BCUT2D eigenvalue weighted by Gasteiger charge is -2.43. The zero-order chi connectivity index (χ0) is 15.7. The molecule has 1 fully saturated rings. The molecule has 1 aliphatic rings. The van der Waals surface area contributed by atoms with Crippen LogP contribution in [0.5, 0.6) is 0 Å². The number of rotatable bonds is 4. The Balaban J connectivity index is 1.80. The van der Waals surface area contributed by atoms with Gasteiger partial charge in [-0.1, -0.05) is 23.7 Å². The number of benzene rings is 1. The Morgan fingerprint density at radius 1 is 1.41 bits per heavy atom. The van der Waals surface area contributed by atoms with Crippen LogP contribution in [0.25, 0.3) is 0 Å². The Hall–Kier alpha value is -1.43. The Morgan fingerprint density at radius 3 is 2.59 bits per heavy atom. The van der Waals surface area contributed by atoms with Gasteiger partial charge < -0.3 is 10.4 Å². The molecule has 4 nitrogen and oxygen atoms in total. The summed E-state index contributed by atoms with van der Waals surface area (Å²) in [5.74, 6) is -0.140. The highest BCUT2D eigenvalue weighted by molar-refractivity contribution is 7.13. The standard InChI is InChI=1S/C16H17ClN2O2S/c1-10(20)15-18-9-13(22-15)14(21)19-16(7-2-8-16)11-3-5-12(17)6-4-11/h3-6,9-10,20H,2,7-8H2,1H3,(H,19,21). The van der Waals surface area contributed by atoms with Gasteiger partial charge in [-0.15, -0.1) is 11.3 Å². The largest absolute Gasteiger partial charge is 0.386 e. The maximum Gasteiger partial charge on any atom is 0.263 e. The number of carbonyl (C=O) groups excluding carboxylic acids is 1. The van der Waals surface area contributed by atoms with E-state index >= 15 is 0 Å². The highest BCUT2D eigenvalue weighted by Crippen LogP contribution is 2.42. The second kappa shape index (κ2) is 5.99. The van der Waals surface area contributed by atoms with Gasteiger partial charge in [0.1, 0.15) is 16.0 Å². The van der Waals surface area contributed by atoms with E-state index in [0.717, 1.165) is 24.8 Å². The molecule has 0 aliphatic heterocycles. The summed E-state index contributed by atoms with van der Waals surface area (Å²) in [6, 6.07) is 7.63. The maximum absolute atomic E-state index is 12.5. The maximum atomic E-state index is 12.5. The second-order valence-corrected chi connectivity index (χ2v) is 7.13. The number of aromatic nitrogens is 1. The van der Waals surface area contributed by atoms with E-state index < -0.39 is 6.10 Å². The first-order chi connectivity index (χ1) is 10.5. The van der Waals surface area contributed by atoms with Crippen LogP contribution in [0, 0.1) is 0 Å². The summed E-state index contributed by atoms with van der Waals surface area (Å²) < 4.78 is 0. The molecule has 1 amide bonds. The predicted octanol–water partition coefficient (Wildman–Crippen LogP) is 3.66. The quantitative estimate of drug-likeness (QED) is 0.895. The van der Waals surface area contributed by atoms with Crippen molar-refractivity contribution in [2.75, 3.05) is 0 Å². The molecule has 1 heterocycles. The number of hydrogen-bond donors (Lipinski definition) is 2. The van der Waals surface area contributed by atoms with Gasteiger partial charge in [0.15, 0.2) is 0 Å². The van der Waals surface area contributed by atoms with Crippen molar-refractivity contribution in [1.82, 2.24) is 10.3 Å². The Kier molecular flexibility index (Phi) is 4.21. The van der Waals surface area contributed by atoms with Crippen LogP contribution in [0.15, 0.2) is 30.5 Å². The SMILES string of the molecule is CC(O)c1ncc(C(=O)NC2(c3ccc(Cl)cc3)CCC2)s1. The Bertz CT molecular complexity index is 678. The molecule has 1 aromatic heterocycles. The smallest absolute Gasteiger partial charge is 0.263 e. The Morgan fingerprint density at radius 2 is 2.09 bits per heavy atom. The summed E-state index contributed by atoms with van der Waals surface area (Å²) in [6.07, 6.45) is 3.80. The van der Waals surface area contributed by atoms with E-state index in [1.54, 1.807) is 6.92 Å². The van der Waals surface area contributed by atoms with Gasteiger partial charge in [-0.25, -0.2) is 4.98 Å². The molecule has 1 saturated carbocycles. The van der Waals surface area contributed by atoms with Crippen molar-refractivity contribution in [3.8, 4) is 0 Å². The number of aliphatic hydroxyl groups is 1. The fourth-order valence-electron chi connectivity index (χ4n) is 2.65. The van der Waals surface area contributed by atoms with E-state index in [9.17, 15) is 9.90 Å². The van der Waals surface area contributed by atoms with Gasteiger partial charge in [0.05, 0.1) is 11.7 Å². The molecule has 0 radical (unpaired) electrons. The summed E-state index contributed by atoms with van der Waals surface area (Å²) in [6.45, 7) is 1.64. The van der Waals surface area contributed by atoms with Crippen LogP contribution in [0.2, 0.25) is 5.02 Å². The van der Waals surface area contributed by atoms with Crippen molar-refractivity contribution < 1.29 is 9.90 Å². The van der Waals surface area contributed by atoms with E-state index in [-0.39, 0.29) is 11.4 Å². The van der Waals surface area contributed by atoms with E-state index in [1.165, 1.54) is 17.5 Å². The van der Waals surface area contributed by atoms with Crippen molar-refractivity contribution in [2.24, 2.45) is 0 Å². The molecular weight excluding hydrogens is 320 g/mol. The molecule has 116 valence electrons. The molecule has 1 unspecified atom stereocenters. The zero-order valence-corrected chi connectivity index (χ0v) is 13.7.